The summed E-state index contributed by atoms with van der Waals surface area (Å²) in [5.74, 6) is -1.55. The van der Waals surface area contributed by atoms with Crippen LogP contribution in [-0.4, -0.2) is 5.11 Å². The second-order valence-electron chi connectivity index (χ2n) is 7.57. The van der Waals surface area contributed by atoms with Crippen LogP contribution in [0.2, 0.25) is 0 Å². The molecule has 1 aliphatic heterocycles. The predicted molar refractivity (Wildman–Crippen MR) is 114 cm³/mol. The highest BCUT2D eigenvalue weighted by molar-refractivity contribution is 5.57. The quantitative estimate of drug-likeness (QED) is 0.509. The molecule has 0 amide bonds. The number of hydrogen-bond donors (Lipinski definition) is 1. The largest absolute Gasteiger partial charge is 0.358 e. The molecule has 1 unspecified atom stereocenters. The molecule has 1 N–H and O–H groups in total. The maximum atomic E-state index is 12.0. The van der Waals surface area contributed by atoms with E-state index in [1.54, 1.807) is 0 Å². The Morgan fingerprint density at radius 1 is 0.586 bits per heavy atom. The molecule has 1 aliphatic rings. The number of ether oxygens (including phenoxy) is 1. The highest BCUT2D eigenvalue weighted by Crippen LogP contribution is 2.55. The maximum absolute atomic E-state index is 12.0. The molecule has 2 heteroatoms. The van der Waals surface area contributed by atoms with Crippen molar-refractivity contribution < 1.29 is 9.84 Å². The minimum Gasteiger partial charge on any atom is -0.358 e. The van der Waals surface area contributed by atoms with Gasteiger partial charge in [0.15, 0.2) is 0 Å². The average molecular weight is 378 g/mol. The molecular formula is C27H22O2. The van der Waals surface area contributed by atoms with Crippen LogP contribution in [0.25, 0.3) is 0 Å². The van der Waals surface area contributed by atoms with Gasteiger partial charge in [0.05, 0.1) is 0 Å². The molecular weight excluding hydrogens is 356 g/mol. The molecule has 1 atom stereocenters. The van der Waals surface area contributed by atoms with E-state index in [0.29, 0.717) is 0 Å². The SMILES string of the molecule is Cc1cccc(C2(O)OC(c3ccccc3)(c3ccccc3)c3ccccc32)c1. The van der Waals surface area contributed by atoms with Crippen LogP contribution in [0.3, 0.4) is 0 Å². The Kier molecular flexibility index (Phi) is 4.13. The van der Waals surface area contributed by atoms with Gasteiger partial charge in [0, 0.05) is 16.7 Å². The number of aryl methyl sites for hydroxylation is 1. The van der Waals surface area contributed by atoms with Crippen molar-refractivity contribution >= 4 is 0 Å². The highest BCUT2D eigenvalue weighted by atomic mass is 16.6. The first kappa shape index (κ1) is 17.9. The van der Waals surface area contributed by atoms with Crippen molar-refractivity contribution in [1.29, 1.82) is 0 Å². The van der Waals surface area contributed by atoms with Gasteiger partial charge in [-0.1, -0.05) is 115 Å². The number of benzene rings is 4. The summed E-state index contributed by atoms with van der Waals surface area (Å²) in [6.45, 7) is 2.02. The van der Waals surface area contributed by atoms with Crippen molar-refractivity contribution in [2.75, 3.05) is 0 Å². The van der Waals surface area contributed by atoms with Crippen LogP contribution in [-0.2, 0) is 16.1 Å². The number of aliphatic hydroxyl groups is 1. The summed E-state index contributed by atoms with van der Waals surface area (Å²) in [4.78, 5) is 0. The first-order chi connectivity index (χ1) is 14.1. The van der Waals surface area contributed by atoms with Crippen LogP contribution < -0.4 is 0 Å². The van der Waals surface area contributed by atoms with Crippen LogP contribution >= 0.6 is 0 Å². The molecule has 1 heterocycles. The lowest BCUT2D eigenvalue weighted by Crippen LogP contribution is -2.35. The van der Waals surface area contributed by atoms with E-state index in [4.69, 9.17) is 4.74 Å². The number of hydrogen-bond acceptors (Lipinski definition) is 2. The van der Waals surface area contributed by atoms with Crippen LogP contribution in [0.5, 0.6) is 0 Å². The molecule has 142 valence electrons. The van der Waals surface area contributed by atoms with E-state index in [1.807, 2.05) is 85.8 Å². The Balaban J connectivity index is 1.84. The third kappa shape index (κ3) is 2.65. The minimum absolute atomic E-state index is 0.735. The van der Waals surface area contributed by atoms with E-state index in [9.17, 15) is 5.11 Å². The van der Waals surface area contributed by atoms with Crippen LogP contribution in [0.4, 0.5) is 0 Å². The fraction of sp³-hybridized carbons (Fsp3) is 0.111. The summed E-state index contributed by atoms with van der Waals surface area (Å²) in [6.07, 6.45) is 0. The summed E-state index contributed by atoms with van der Waals surface area (Å²) in [7, 11) is 0. The topological polar surface area (TPSA) is 29.5 Å². The number of fused-ring (bicyclic) bond motifs is 1. The lowest BCUT2D eigenvalue weighted by atomic mass is 9.79. The maximum Gasteiger partial charge on any atom is 0.221 e. The summed E-state index contributed by atoms with van der Waals surface area (Å²) in [5.41, 5.74) is 4.62. The third-order valence-corrected chi connectivity index (χ3v) is 5.74. The van der Waals surface area contributed by atoms with Gasteiger partial charge in [-0.15, -0.1) is 0 Å². The van der Waals surface area contributed by atoms with E-state index in [0.717, 1.165) is 33.4 Å². The summed E-state index contributed by atoms with van der Waals surface area (Å²) in [6, 6.07) is 36.2. The molecule has 0 saturated carbocycles. The zero-order chi connectivity index (χ0) is 19.9. The molecule has 0 radical (unpaired) electrons. The molecule has 5 rings (SSSR count). The van der Waals surface area contributed by atoms with Crippen LogP contribution in [0.15, 0.2) is 109 Å². The lowest BCUT2D eigenvalue weighted by molar-refractivity contribution is -0.208. The highest BCUT2D eigenvalue weighted by Gasteiger charge is 2.55. The first-order valence-electron chi connectivity index (χ1n) is 9.85. The normalized spacial score (nSPS) is 19.7. The zero-order valence-corrected chi connectivity index (χ0v) is 16.2. The van der Waals surface area contributed by atoms with Crippen molar-refractivity contribution in [1.82, 2.24) is 0 Å². The minimum atomic E-state index is -1.55. The van der Waals surface area contributed by atoms with Crippen molar-refractivity contribution in [3.05, 3.63) is 143 Å². The molecule has 29 heavy (non-hydrogen) atoms. The molecule has 0 saturated heterocycles. The second-order valence-corrected chi connectivity index (χ2v) is 7.57. The van der Waals surface area contributed by atoms with Gasteiger partial charge < -0.3 is 9.84 Å². The van der Waals surface area contributed by atoms with Crippen molar-refractivity contribution in [3.8, 4) is 0 Å². The second kappa shape index (κ2) is 6.70. The van der Waals surface area contributed by atoms with Gasteiger partial charge in [0.2, 0.25) is 5.79 Å². The Labute approximate surface area is 171 Å². The summed E-state index contributed by atoms with van der Waals surface area (Å²) >= 11 is 0. The van der Waals surface area contributed by atoms with Gasteiger partial charge in [-0.25, -0.2) is 0 Å². The van der Waals surface area contributed by atoms with Crippen molar-refractivity contribution in [2.24, 2.45) is 0 Å². The molecule has 0 bridgehead atoms. The number of rotatable bonds is 3. The van der Waals surface area contributed by atoms with Crippen LogP contribution in [0, 0.1) is 6.92 Å². The smallest absolute Gasteiger partial charge is 0.221 e. The van der Waals surface area contributed by atoms with Gasteiger partial charge in [-0.2, -0.15) is 0 Å². The third-order valence-electron chi connectivity index (χ3n) is 5.74. The molecule has 0 spiro atoms. The van der Waals surface area contributed by atoms with Crippen molar-refractivity contribution in [3.63, 3.8) is 0 Å². The Bertz CT molecular complexity index is 1110. The van der Waals surface area contributed by atoms with E-state index in [2.05, 4.69) is 30.3 Å². The van der Waals surface area contributed by atoms with E-state index in [-0.39, 0.29) is 0 Å². The van der Waals surface area contributed by atoms with E-state index >= 15 is 0 Å². The standard InChI is InChI=1S/C27H22O2/c1-20-11-10-16-23(19-20)27(28)25-18-9-8-17-24(25)26(29-27,21-12-4-2-5-13-21)22-14-6-3-7-15-22/h2-19,28H,1H3. The lowest BCUT2D eigenvalue weighted by Gasteiger charge is -2.34. The molecule has 2 nitrogen and oxygen atoms in total. The fourth-order valence-electron chi connectivity index (χ4n) is 4.43. The Morgan fingerprint density at radius 3 is 1.69 bits per heavy atom. The van der Waals surface area contributed by atoms with E-state index < -0.39 is 11.4 Å². The summed E-state index contributed by atoms with van der Waals surface area (Å²) in [5, 5.41) is 12.0. The predicted octanol–water partition coefficient (Wildman–Crippen LogP) is 5.51. The first-order valence-corrected chi connectivity index (χ1v) is 9.85. The molecule has 0 fully saturated rings. The van der Waals surface area contributed by atoms with Gasteiger partial charge in [-0.05, 0) is 18.1 Å². The summed E-state index contributed by atoms with van der Waals surface area (Å²) < 4.78 is 6.78. The molecule has 4 aromatic carbocycles. The average Bonchev–Trinajstić information content (AvgIpc) is 3.06. The van der Waals surface area contributed by atoms with Gasteiger partial charge in [0.25, 0.3) is 0 Å². The van der Waals surface area contributed by atoms with Gasteiger partial charge in [-0.3, -0.25) is 0 Å². The molecule has 0 aromatic heterocycles. The monoisotopic (exact) mass is 378 g/mol. The molecule has 0 aliphatic carbocycles. The fourth-order valence-corrected chi connectivity index (χ4v) is 4.43. The molecule has 4 aromatic rings. The zero-order valence-electron chi connectivity index (χ0n) is 16.2. The van der Waals surface area contributed by atoms with Crippen LogP contribution in [0.1, 0.15) is 33.4 Å². The Morgan fingerprint density at radius 2 is 1.10 bits per heavy atom. The van der Waals surface area contributed by atoms with E-state index in [1.165, 1.54) is 0 Å². The van der Waals surface area contributed by atoms with Gasteiger partial charge in [0.1, 0.15) is 5.60 Å². The Hall–Kier alpha value is -3.20. The van der Waals surface area contributed by atoms with Gasteiger partial charge >= 0.3 is 0 Å². The van der Waals surface area contributed by atoms with Crippen molar-refractivity contribution in [2.45, 2.75) is 18.3 Å².